The molecule has 0 aromatic heterocycles. The molecule has 5 rings (SSSR count). The number of hydrogen-bond donors (Lipinski definition) is 1. The van der Waals surface area contributed by atoms with E-state index in [0.717, 1.165) is 27.5 Å². The summed E-state index contributed by atoms with van der Waals surface area (Å²) in [6, 6.07) is 28.7. The summed E-state index contributed by atoms with van der Waals surface area (Å²) in [7, 11) is -3.61. The third kappa shape index (κ3) is 4.05. The largest absolute Gasteiger partial charge is 0.345 e. The van der Waals surface area contributed by atoms with Crippen LogP contribution in [0, 0.1) is 6.92 Å². The second-order valence-electron chi connectivity index (χ2n) is 8.63. The van der Waals surface area contributed by atoms with Gasteiger partial charge >= 0.3 is 0 Å². The summed E-state index contributed by atoms with van der Waals surface area (Å²) < 4.78 is 27.7. The lowest BCUT2D eigenvalue weighted by Crippen LogP contribution is -2.32. The van der Waals surface area contributed by atoms with Gasteiger partial charge in [-0.3, -0.25) is 9.10 Å². The Labute approximate surface area is 200 Å². The summed E-state index contributed by atoms with van der Waals surface area (Å²) in [6.45, 7) is 2.29. The Morgan fingerprint density at radius 3 is 2.26 bits per heavy atom. The Bertz CT molecular complexity index is 1440. The van der Waals surface area contributed by atoms with Crippen LogP contribution in [0.2, 0.25) is 0 Å². The number of nitrogens with zero attached hydrogens (tertiary/aromatic N) is 1. The van der Waals surface area contributed by atoms with Gasteiger partial charge in [0.05, 0.1) is 16.6 Å². The summed E-state index contributed by atoms with van der Waals surface area (Å²) in [4.78, 5) is 13.3. The maximum absolute atomic E-state index is 13.1. The molecule has 1 N–H and O–H groups in total. The highest BCUT2D eigenvalue weighted by Crippen LogP contribution is 2.42. The van der Waals surface area contributed by atoms with Crippen LogP contribution in [0.25, 0.3) is 10.8 Å². The van der Waals surface area contributed by atoms with E-state index in [9.17, 15) is 13.2 Å². The van der Waals surface area contributed by atoms with Crippen molar-refractivity contribution in [2.24, 2.45) is 0 Å². The van der Waals surface area contributed by atoms with Crippen molar-refractivity contribution in [2.45, 2.75) is 30.7 Å². The number of carbonyl (C=O) groups excluding carboxylic acids is 1. The molecule has 0 bridgehead atoms. The summed E-state index contributed by atoms with van der Waals surface area (Å²) in [5, 5.41) is 4.81. The maximum atomic E-state index is 13.1. The van der Waals surface area contributed by atoms with Crippen LogP contribution in [0.15, 0.2) is 95.9 Å². The molecular formula is C28H26N2O3S. The number of aryl methyl sites for hydroxylation is 1. The van der Waals surface area contributed by atoms with E-state index in [4.69, 9.17) is 0 Å². The molecule has 1 aliphatic rings. The molecule has 0 spiro atoms. The molecule has 0 aliphatic carbocycles. The van der Waals surface area contributed by atoms with Gasteiger partial charge in [-0.1, -0.05) is 84.4 Å². The molecule has 1 aliphatic heterocycles. The Morgan fingerprint density at radius 2 is 1.53 bits per heavy atom. The zero-order valence-corrected chi connectivity index (χ0v) is 19.8. The highest BCUT2D eigenvalue weighted by atomic mass is 32.2. The number of anilines is 1. The molecule has 0 radical (unpaired) electrons. The third-order valence-electron chi connectivity index (χ3n) is 6.30. The first-order chi connectivity index (χ1) is 16.4. The molecule has 0 saturated carbocycles. The highest BCUT2D eigenvalue weighted by Gasteiger charge is 2.35. The Kier molecular flexibility index (Phi) is 5.84. The van der Waals surface area contributed by atoms with Crippen molar-refractivity contribution in [1.82, 2.24) is 5.32 Å². The van der Waals surface area contributed by atoms with Gasteiger partial charge in [0.25, 0.3) is 10.0 Å². The second kappa shape index (κ2) is 8.95. The van der Waals surface area contributed by atoms with Crippen LogP contribution in [0.4, 0.5) is 5.69 Å². The zero-order valence-electron chi connectivity index (χ0n) is 18.9. The van der Waals surface area contributed by atoms with Crippen molar-refractivity contribution < 1.29 is 13.2 Å². The first-order valence-corrected chi connectivity index (χ1v) is 12.8. The summed E-state index contributed by atoms with van der Waals surface area (Å²) in [5.41, 5.74) is 3.86. The number of sulfonamides is 1. The van der Waals surface area contributed by atoms with Gasteiger partial charge in [-0.25, -0.2) is 8.42 Å². The first-order valence-electron chi connectivity index (χ1n) is 11.4. The minimum Gasteiger partial charge on any atom is -0.345 e. The van der Waals surface area contributed by atoms with Crippen molar-refractivity contribution >= 4 is 32.4 Å². The summed E-state index contributed by atoms with van der Waals surface area (Å²) in [6.07, 6.45) is 0.651. The lowest BCUT2D eigenvalue weighted by Gasteiger charge is -2.21. The molecule has 0 fully saturated rings. The van der Waals surface area contributed by atoms with Gasteiger partial charge in [-0.15, -0.1) is 0 Å². The van der Waals surface area contributed by atoms with Crippen LogP contribution >= 0.6 is 0 Å². The number of amides is 1. The van der Waals surface area contributed by atoms with Gasteiger partial charge in [0.2, 0.25) is 5.91 Å². The molecule has 4 aromatic rings. The van der Waals surface area contributed by atoms with E-state index in [1.54, 1.807) is 12.1 Å². The van der Waals surface area contributed by atoms with Crippen molar-refractivity contribution in [3.63, 3.8) is 0 Å². The minimum atomic E-state index is -3.61. The van der Waals surface area contributed by atoms with Crippen molar-refractivity contribution in [3.8, 4) is 0 Å². The van der Waals surface area contributed by atoms with E-state index in [-0.39, 0.29) is 24.9 Å². The molecule has 0 unspecified atom stereocenters. The fraction of sp³-hybridized carbons (Fsp3) is 0.179. The Morgan fingerprint density at radius 1 is 0.853 bits per heavy atom. The molecule has 1 amide bonds. The third-order valence-corrected chi connectivity index (χ3v) is 8.15. The molecule has 172 valence electrons. The van der Waals surface area contributed by atoms with E-state index >= 15 is 0 Å². The van der Waals surface area contributed by atoms with Gasteiger partial charge in [-0.05, 0) is 42.0 Å². The highest BCUT2D eigenvalue weighted by molar-refractivity contribution is 7.93. The van der Waals surface area contributed by atoms with Crippen LogP contribution < -0.4 is 9.62 Å². The quantitative estimate of drug-likeness (QED) is 0.396. The van der Waals surface area contributed by atoms with Crippen molar-refractivity contribution in [2.75, 3.05) is 10.8 Å². The average molecular weight is 471 g/mol. The predicted molar refractivity (Wildman–Crippen MR) is 135 cm³/mol. The molecule has 34 heavy (non-hydrogen) atoms. The zero-order chi connectivity index (χ0) is 23.7. The van der Waals surface area contributed by atoms with Crippen molar-refractivity contribution in [1.29, 1.82) is 0 Å². The minimum absolute atomic E-state index is 0.109. The van der Waals surface area contributed by atoms with Crippen LogP contribution in [0.5, 0.6) is 0 Å². The number of benzene rings is 4. The average Bonchev–Trinajstić information content (AvgIpc) is 3.07. The number of nitrogens with one attached hydrogen (secondary N) is 1. The molecule has 1 atom stereocenters. The molecule has 5 nitrogen and oxygen atoms in total. The van der Waals surface area contributed by atoms with E-state index in [0.29, 0.717) is 17.0 Å². The summed E-state index contributed by atoms with van der Waals surface area (Å²) in [5.74, 6) is -0.109. The van der Waals surface area contributed by atoms with Gasteiger partial charge < -0.3 is 5.32 Å². The normalized spacial score (nSPS) is 14.8. The number of rotatable bonds is 7. The van der Waals surface area contributed by atoms with Gasteiger partial charge in [0, 0.05) is 18.4 Å². The van der Waals surface area contributed by atoms with Gasteiger partial charge in [0.1, 0.15) is 0 Å². The van der Waals surface area contributed by atoms with E-state index < -0.39 is 10.0 Å². The maximum Gasteiger partial charge on any atom is 0.265 e. The van der Waals surface area contributed by atoms with Gasteiger partial charge in [-0.2, -0.15) is 0 Å². The Balaban J connectivity index is 1.30. The fourth-order valence-electron chi connectivity index (χ4n) is 4.58. The molecular weight excluding hydrogens is 444 g/mol. The second-order valence-corrected chi connectivity index (χ2v) is 10.5. The van der Waals surface area contributed by atoms with E-state index in [1.165, 1.54) is 4.31 Å². The number of hydrogen-bond acceptors (Lipinski definition) is 3. The SMILES string of the molecule is Cc1ccc([C@@H](NC(=O)CCCN2c3cccc4cccc(c34)S2(=O)=O)c2ccccc2)cc1. The van der Waals surface area contributed by atoms with Crippen LogP contribution in [-0.2, 0) is 14.8 Å². The Hall–Kier alpha value is -3.64. The smallest absolute Gasteiger partial charge is 0.265 e. The number of carbonyl (C=O) groups is 1. The molecule has 1 heterocycles. The molecule has 4 aromatic carbocycles. The lowest BCUT2D eigenvalue weighted by molar-refractivity contribution is -0.121. The van der Waals surface area contributed by atoms with Gasteiger partial charge in [0.15, 0.2) is 0 Å². The van der Waals surface area contributed by atoms with Crippen LogP contribution in [0.1, 0.15) is 35.6 Å². The molecule has 0 saturated heterocycles. The fourth-order valence-corrected chi connectivity index (χ4v) is 6.33. The van der Waals surface area contributed by atoms with Crippen LogP contribution in [-0.4, -0.2) is 20.9 Å². The van der Waals surface area contributed by atoms with E-state index in [2.05, 4.69) is 5.32 Å². The monoisotopic (exact) mass is 470 g/mol. The van der Waals surface area contributed by atoms with Crippen LogP contribution in [0.3, 0.4) is 0 Å². The standard InChI is InChI=1S/C28H26N2O3S/c1-20-15-17-23(18-16-20)28(22-8-3-2-4-9-22)29-26(31)14-7-19-30-24-12-5-10-21-11-6-13-25(27(21)24)34(30,32)33/h2-6,8-13,15-18,28H,7,14,19H2,1H3,(H,29,31)/t28-/m0/s1. The van der Waals surface area contributed by atoms with E-state index in [1.807, 2.05) is 85.8 Å². The van der Waals surface area contributed by atoms with Crippen molar-refractivity contribution in [3.05, 3.63) is 108 Å². The first kappa shape index (κ1) is 22.2. The predicted octanol–water partition coefficient (Wildman–Crippen LogP) is 5.34. The summed E-state index contributed by atoms with van der Waals surface area (Å²) >= 11 is 0. The topological polar surface area (TPSA) is 66.5 Å². The molecule has 6 heteroatoms. The lowest BCUT2D eigenvalue weighted by atomic mass is 9.97.